The maximum atomic E-state index is 3.69. The second-order valence-electron chi connectivity index (χ2n) is 4.70. The first-order valence-electron chi connectivity index (χ1n) is 5.78. The Morgan fingerprint density at radius 3 is 2.25 bits per heavy atom. The minimum Gasteiger partial charge on any atom is -0.368 e. The lowest BCUT2D eigenvalue weighted by Gasteiger charge is -2.35. The van der Waals surface area contributed by atoms with E-state index in [0.717, 1.165) is 26.2 Å². The smallest absolute Gasteiger partial charge is 0.0541 e. The third-order valence-corrected chi connectivity index (χ3v) is 3.82. The molecule has 1 aliphatic heterocycles. The molecule has 0 bridgehead atoms. The van der Waals surface area contributed by atoms with Gasteiger partial charge in [0.25, 0.3) is 0 Å². The minimum absolute atomic E-state index is 1.12. The standard InChI is InChI=1S/C13H19BrN2/c1-10-8-11(2)13(12(14)9-10)16-6-4-15(3)5-7-16/h8-9H,4-7H2,1-3H3. The molecule has 0 amide bonds. The summed E-state index contributed by atoms with van der Waals surface area (Å²) in [5.41, 5.74) is 4.07. The van der Waals surface area contributed by atoms with Crippen LogP contribution in [0, 0.1) is 13.8 Å². The summed E-state index contributed by atoms with van der Waals surface area (Å²) in [6.07, 6.45) is 0. The van der Waals surface area contributed by atoms with E-state index in [0.29, 0.717) is 0 Å². The molecule has 2 nitrogen and oxygen atoms in total. The van der Waals surface area contributed by atoms with Crippen molar-refractivity contribution in [1.82, 2.24) is 4.90 Å². The van der Waals surface area contributed by atoms with Crippen LogP contribution >= 0.6 is 15.9 Å². The highest BCUT2D eigenvalue weighted by molar-refractivity contribution is 9.10. The number of hydrogen-bond acceptors (Lipinski definition) is 2. The van der Waals surface area contributed by atoms with Crippen molar-refractivity contribution in [1.29, 1.82) is 0 Å². The van der Waals surface area contributed by atoms with Gasteiger partial charge in [-0.3, -0.25) is 0 Å². The summed E-state index contributed by atoms with van der Waals surface area (Å²) in [6.45, 7) is 8.90. The third kappa shape index (κ3) is 2.41. The first-order valence-corrected chi connectivity index (χ1v) is 6.57. The molecule has 0 saturated carbocycles. The van der Waals surface area contributed by atoms with E-state index in [9.17, 15) is 0 Å². The van der Waals surface area contributed by atoms with Gasteiger partial charge in [0.05, 0.1) is 5.69 Å². The molecular weight excluding hydrogens is 264 g/mol. The molecule has 1 heterocycles. The van der Waals surface area contributed by atoms with Crippen LogP contribution in [0.15, 0.2) is 16.6 Å². The zero-order chi connectivity index (χ0) is 11.7. The Kier molecular flexibility index (Phi) is 3.55. The third-order valence-electron chi connectivity index (χ3n) is 3.22. The Hall–Kier alpha value is -0.540. The number of benzene rings is 1. The normalized spacial score (nSPS) is 17.9. The number of anilines is 1. The van der Waals surface area contributed by atoms with Crippen molar-refractivity contribution < 1.29 is 0 Å². The van der Waals surface area contributed by atoms with Gasteiger partial charge >= 0.3 is 0 Å². The van der Waals surface area contributed by atoms with Crippen LogP contribution in [0.3, 0.4) is 0 Å². The Morgan fingerprint density at radius 1 is 1.06 bits per heavy atom. The summed E-state index contributed by atoms with van der Waals surface area (Å²) in [7, 11) is 2.19. The summed E-state index contributed by atoms with van der Waals surface area (Å²) < 4.78 is 1.23. The summed E-state index contributed by atoms with van der Waals surface area (Å²) in [5.74, 6) is 0. The van der Waals surface area contributed by atoms with Crippen LogP contribution in [0.25, 0.3) is 0 Å². The van der Waals surface area contributed by atoms with Gasteiger partial charge in [0.2, 0.25) is 0 Å². The van der Waals surface area contributed by atoms with Crippen molar-refractivity contribution in [2.45, 2.75) is 13.8 Å². The predicted octanol–water partition coefficient (Wildman–Crippen LogP) is 2.82. The summed E-state index contributed by atoms with van der Waals surface area (Å²) in [5, 5.41) is 0. The van der Waals surface area contributed by atoms with E-state index in [4.69, 9.17) is 0 Å². The summed E-state index contributed by atoms with van der Waals surface area (Å²) >= 11 is 3.69. The molecular formula is C13H19BrN2. The molecule has 1 aliphatic rings. The average Bonchev–Trinajstić information content (AvgIpc) is 2.19. The summed E-state index contributed by atoms with van der Waals surface area (Å²) in [6, 6.07) is 4.47. The fraction of sp³-hybridized carbons (Fsp3) is 0.538. The Labute approximate surface area is 106 Å². The SMILES string of the molecule is Cc1cc(C)c(N2CCN(C)CC2)c(Br)c1. The molecule has 1 fully saturated rings. The van der Waals surface area contributed by atoms with Crippen molar-refractivity contribution in [3.05, 3.63) is 27.7 Å². The minimum atomic E-state index is 1.12. The average molecular weight is 283 g/mol. The molecule has 0 N–H and O–H groups in total. The summed E-state index contributed by atoms with van der Waals surface area (Å²) in [4.78, 5) is 4.87. The largest absolute Gasteiger partial charge is 0.368 e. The van der Waals surface area contributed by atoms with E-state index in [-0.39, 0.29) is 0 Å². The molecule has 1 saturated heterocycles. The van der Waals surface area contributed by atoms with E-state index < -0.39 is 0 Å². The fourth-order valence-corrected chi connectivity index (χ4v) is 3.26. The first-order chi connectivity index (χ1) is 7.58. The first kappa shape index (κ1) is 11.9. The van der Waals surface area contributed by atoms with Crippen molar-refractivity contribution in [2.24, 2.45) is 0 Å². The molecule has 0 aromatic heterocycles. The molecule has 1 aromatic rings. The molecule has 1 aromatic carbocycles. The Bertz CT molecular complexity index is 359. The number of halogens is 1. The number of aryl methyl sites for hydroxylation is 2. The quantitative estimate of drug-likeness (QED) is 0.782. The number of rotatable bonds is 1. The lowest BCUT2D eigenvalue weighted by atomic mass is 10.1. The second kappa shape index (κ2) is 4.76. The molecule has 88 valence electrons. The van der Waals surface area contributed by atoms with Crippen LogP contribution in [-0.2, 0) is 0 Å². The van der Waals surface area contributed by atoms with Crippen molar-refractivity contribution in [2.75, 3.05) is 38.1 Å². The maximum Gasteiger partial charge on any atom is 0.0541 e. The van der Waals surface area contributed by atoms with E-state index in [1.165, 1.54) is 21.3 Å². The van der Waals surface area contributed by atoms with E-state index in [1.807, 2.05) is 0 Å². The van der Waals surface area contributed by atoms with Crippen LogP contribution in [0.4, 0.5) is 5.69 Å². The predicted molar refractivity (Wildman–Crippen MR) is 73.3 cm³/mol. The van der Waals surface area contributed by atoms with Gasteiger partial charge in [0.15, 0.2) is 0 Å². The molecule has 0 aliphatic carbocycles. The molecule has 0 spiro atoms. The van der Waals surface area contributed by atoms with Crippen LogP contribution < -0.4 is 4.90 Å². The monoisotopic (exact) mass is 282 g/mol. The van der Waals surface area contributed by atoms with E-state index in [2.05, 4.69) is 58.8 Å². The lowest BCUT2D eigenvalue weighted by Crippen LogP contribution is -2.44. The number of nitrogens with zero attached hydrogens (tertiary/aromatic N) is 2. The molecule has 16 heavy (non-hydrogen) atoms. The van der Waals surface area contributed by atoms with Crippen molar-refractivity contribution in [3.63, 3.8) is 0 Å². The highest BCUT2D eigenvalue weighted by Crippen LogP contribution is 2.31. The maximum absolute atomic E-state index is 3.69. The van der Waals surface area contributed by atoms with Gasteiger partial charge in [-0.15, -0.1) is 0 Å². The van der Waals surface area contributed by atoms with E-state index in [1.54, 1.807) is 0 Å². The second-order valence-corrected chi connectivity index (χ2v) is 5.56. The molecule has 2 rings (SSSR count). The zero-order valence-electron chi connectivity index (χ0n) is 10.3. The van der Waals surface area contributed by atoms with Crippen molar-refractivity contribution in [3.8, 4) is 0 Å². The van der Waals surface area contributed by atoms with E-state index >= 15 is 0 Å². The van der Waals surface area contributed by atoms with Gasteiger partial charge in [-0.2, -0.15) is 0 Å². The molecule has 0 atom stereocenters. The highest BCUT2D eigenvalue weighted by atomic mass is 79.9. The van der Waals surface area contributed by atoms with Crippen molar-refractivity contribution >= 4 is 21.6 Å². The number of piperazine rings is 1. The van der Waals surface area contributed by atoms with Gasteiger partial charge in [-0.25, -0.2) is 0 Å². The van der Waals surface area contributed by atoms with Gasteiger partial charge in [0.1, 0.15) is 0 Å². The van der Waals surface area contributed by atoms with Crippen LogP contribution in [-0.4, -0.2) is 38.1 Å². The van der Waals surface area contributed by atoms with Gasteiger partial charge in [-0.1, -0.05) is 6.07 Å². The molecule has 0 unspecified atom stereocenters. The lowest BCUT2D eigenvalue weighted by molar-refractivity contribution is 0.312. The van der Waals surface area contributed by atoms with Crippen LogP contribution in [0.2, 0.25) is 0 Å². The number of likely N-dealkylation sites (N-methyl/N-ethyl adjacent to an activating group) is 1. The van der Waals surface area contributed by atoms with Crippen LogP contribution in [0.5, 0.6) is 0 Å². The van der Waals surface area contributed by atoms with Crippen LogP contribution in [0.1, 0.15) is 11.1 Å². The zero-order valence-corrected chi connectivity index (χ0v) is 11.8. The van der Waals surface area contributed by atoms with Gasteiger partial charge in [0, 0.05) is 30.7 Å². The fourth-order valence-electron chi connectivity index (χ4n) is 2.34. The Morgan fingerprint density at radius 2 is 1.69 bits per heavy atom. The Balaban J connectivity index is 2.26. The van der Waals surface area contributed by atoms with Gasteiger partial charge < -0.3 is 9.80 Å². The van der Waals surface area contributed by atoms with Gasteiger partial charge in [-0.05, 0) is 54.0 Å². The number of hydrogen-bond donors (Lipinski definition) is 0. The molecule has 0 radical (unpaired) electrons. The highest BCUT2D eigenvalue weighted by Gasteiger charge is 2.18. The molecule has 3 heteroatoms. The topological polar surface area (TPSA) is 6.48 Å².